The van der Waals surface area contributed by atoms with E-state index in [9.17, 15) is 4.79 Å². The second-order valence-electron chi connectivity index (χ2n) is 10.1. The van der Waals surface area contributed by atoms with Gasteiger partial charge in [-0.25, -0.2) is 9.97 Å². The molecule has 1 amide bonds. The van der Waals surface area contributed by atoms with Gasteiger partial charge in [-0.15, -0.1) is 11.3 Å². The monoisotopic (exact) mass is 510 g/mol. The molecule has 5 rings (SSSR count). The maximum atomic E-state index is 12.7. The molecule has 37 heavy (non-hydrogen) atoms. The van der Waals surface area contributed by atoms with Crippen LogP contribution in [0.3, 0.4) is 0 Å². The van der Waals surface area contributed by atoms with Gasteiger partial charge in [-0.2, -0.15) is 5.10 Å². The van der Waals surface area contributed by atoms with E-state index in [0.29, 0.717) is 6.54 Å². The van der Waals surface area contributed by atoms with Crippen molar-refractivity contribution in [1.82, 2.24) is 29.6 Å². The quantitative estimate of drug-likeness (QED) is 0.301. The molecule has 0 radical (unpaired) electrons. The molecule has 0 fully saturated rings. The van der Waals surface area contributed by atoms with Gasteiger partial charge in [-0.1, -0.05) is 42.0 Å². The number of hydrogen-bond acceptors (Lipinski definition) is 5. The largest absolute Gasteiger partial charge is 0.352 e. The second-order valence-corrected chi connectivity index (χ2v) is 10.9. The first-order valence-corrected chi connectivity index (χ1v) is 13.1. The molecular weight excluding hydrogens is 480 g/mol. The maximum absolute atomic E-state index is 12.7. The molecular formula is C29H30N6OS. The third-order valence-electron chi connectivity index (χ3n) is 6.08. The fraction of sp³-hybridized carbons (Fsp3) is 0.241. The lowest BCUT2D eigenvalue weighted by Gasteiger charge is -2.23. The lowest BCUT2D eigenvalue weighted by molar-refractivity contribution is -0.120. The summed E-state index contributed by atoms with van der Waals surface area (Å²) in [4.78, 5) is 21.5. The topological polar surface area (TPSA) is 77.6 Å². The fourth-order valence-electron chi connectivity index (χ4n) is 4.14. The smallest absolute Gasteiger partial charge is 0.226 e. The van der Waals surface area contributed by atoms with Gasteiger partial charge in [-0.3, -0.25) is 9.48 Å². The number of benzene rings is 2. The fourth-order valence-corrected chi connectivity index (χ4v) is 4.97. The molecule has 0 unspecified atom stereocenters. The van der Waals surface area contributed by atoms with Crippen molar-refractivity contribution >= 4 is 17.2 Å². The minimum Gasteiger partial charge on any atom is -0.352 e. The Labute approximate surface area is 220 Å². The van der Waals surface area contributed by atoms with Crippen molar-refractivity contribution in [2.75, 3.05) is 0 Å². The summed E-state index contributed by atoms with van der Waals surface area (Å²) in [5.74, 6) is -0.0559. The molecule has 3 aromatic heterocycles. The maximum Gasteiger partial charge on any atom is 0.226 e. The van der Waals surface area contributed by atoms with Gasteiger partial charge in [0.2, 0.25) is 5.91 Å². The Morgan fingerprint density at radius 3 is 2.49 bits per heavy atom. The second kappa shape index (κ2) is 10.1. The van der Waals surface area contributed by atoms with Crippen LogP contribution < -0.4 is 5.32 Å². The van der Waals surface area contributed by atoms with E-state index in [1.807, 2.05) is 46.6 Å². The van der Waals surface area contributed by atoms with Crippen LogP contribution in [0.2, 0.25) is 0 Å². The zero-order valence-corrected chi connectivity index (χ0v) is 22.3. The Hall–Kier alpha value is -4.04. The molecule has 0 aliphatic rings. The minimum atomic E-state index is -0.185. The Morgan fingerprint density at radius 2 is 1.81 bits per heavy atom. The zero-order chi connectivity index (χ0) is 26.0. The molecule has 5 aromatic rings. The van der Waals surface area contributed by atoms with Crippen molar-refractivity contribution in [2.24, 2.45) is 0 Å². The number of aryl methyl sites for hydroxylation is 1. The number of nitrogens with zero attached hydrogens (tertiary/aromatic N) is 5. The third-order valence-corrected chi connectivity index (χ3v) is 7.01. The van der Waals surface area contributed by atoms with Crippen molar-refractivity contribution in [1.29, 1.82) is 0 Å². The van der Waals surface area contributed by atoms with Crippen molar-refractivity contribution < 1.29 is 4.79 Å². The van der Waals surface area contributed by atoms with Gasteiger partial charge in [0.15, 0.2) is 0 Å². The summed E-state index contributed by atoms with van der Waals surface area (Å²) in [5, 5.41) is 10.5. The van der Waals surface area contributed by atoms with Crippen LogP contribution >= 0.6 is 11.3 Å². The van der Waals surface area contributed by atoms with Gasteiger partial charge >= 0.3 is 0 Å². The van der Waals surface area contributed by atoms with E-state index in [1.54, 1.807) is 23.9 Å². The molecule has 3 heterocycles. The van der Waals surface area contributed by atoms with Crippen molar-refractivity contribution in [2.45, 2.75) is 46.2 Å². The highest BCUT2D eigenvalue weighted by Gasteiger charge is 2.24. The first-order chi connectivity index (χ1) is 17.8. The number of carbonyl (C=O) groups excluding carboxylic acids is 1. The van der Waals surface area contributed by atoms with Gasteiger partial charge in [0.05, 0.1) is 41.4 Å². The summed E-state index contributed by atoms with van der Waals surface area (Å²) >= 11 is 1.54. The van der Waals surface area contributed by atoms with Crippen molar-refractivity contribution in [3.8, 4) is 27.5 Å². The van der Waals surface area contributed by atoms with Gasteiger partial charge < -0.3 is 9.88 Å². The average Bonchev–Trinajstić information content (AvgIpc) is 3.64. The van der Waals surface area contributed by atoms with Crippen molar-refractivity contribution in [3.63, 3.8) is 0 Å². The van der Waals surface area contributed by atoms with E-state index < -0.39 is 0 Å². The summed E-state index contributed by atoms with van der Waals surface area (Å²) in [6.45, 7) is 8.98. The Bertz CT molecular complexity index is 1490. The van der Waals surface area contributed by atoms with E-state index >= 15 is 0 Å². The number of carbonyl (C=O) groups is 1. The average molecular weight is 511 g/mol. The molecule has 1 N–H and O–H groups in total. The van der Waals surface area contributed by atoms with E-state index in [2.05, 4.69) is 66.9 Å². The summed E-state index contributed by atoms with van der Waals surface area (Å²) in [7, 11) is 0. The molecule has 188 valence electrons. The van der Waals surface area contributed by atoms with Gasteiger partial charge in [-0.05, 0) is 45.4 Å². The van der Waals surface area contributed by atoms with Crippen LogP contribution in [-0.2, 0) is 23.3 Å². The number of amides is 1. The Balaban J connectivity index is 1.28. The van der Waals surface area contributed by atoms with Crippen LogP contribution in [0.15, 0.2) is 78.8 Å². The molecule has 0 saturated carbocycles. The molecule has 8 heteroatoms. The highest BCUT2D eigenvalue weighted by Crippen LogP contribution is 2.36. The molecule has 0 aliphatic carbocycles. The summed E-state index contributed by atoms with van der Waals surface area (Å²) in [6, 6.07) is 16.5. The van der Waals surface area contributed by atoms with Gasteiger partial charge in [0.1, 0.15) is 5.01 Å². The molecule has 2 aromatic carbocycles. The molecule has 0 bridgehead atoms. The highest BCUT2D eigenvalue weighted by atomic mass is 32.1. The van der Waals surface area contributed by atoms with E-state index in [4.69, 9.17) is 10.1 Å². The highest BCUT2D eigenvalue weighted by molar-refractivity contribution is 7.13. The van der Waals surface area contributed by atoms with Gasteiger partial charge in [0.25, 0.3) is 0 Å². The Kier molecular flexibility index (Phi) is 6.76. The minimum absolute atomic E-state index is 0.0559. The van der Waals surface area contributed by atoms with Crippen molar-refractivity contribution in [3.05, 3.63) is 95.6 Å². The van der Waals surface area contributed by atoms with E-state index in [-0.39, 0.29) is 17.9 Å². The van der Waals surface area contributed by atoms with Crippen LogP contribution in [0.25, 0.3) is 27.5 Å². The molecule has 0 aliphatic heterocycles. The lowest BCUT2D eigenvalue weighted by atomic mass is 10.0. The molecule has 7 nitrogen and oxygen atoms in total. The number of hydrogen-bond donors (Lipinski definition) is 1. The first-order valence-electron chi connectivity index (χ1n) is 12.2. The van der Waals surface area contributed by atoms with Crippen LogP contribution in [0, 0.1) is 6.92 Å². The SMILES string of the molecule is Cc1ccc(-c2c(-c3nc(CC(=O)NCc4ccc(-n5ccnc5)cc4)cs3)cnn2C(C)(C)C)cc1. The lowest BCUT2D eigenvalue weighted by Crippen LogP contribution is -2.24. The van der Waals surface area contributed by atoms with E-state index in [0.717, 1.165) is 38.8 Å². The van der Waals surface area contributed by atoms with Crippen LogP contribution in [0.4, 0.5) is 0 Å². The number of imidazole rings is 1. The van der Waals surface area contributed by atoms with Crippen LogP contribution in [0.5, 0.6) is 0 Å². The number of aromatic nitrogens is 5. The first kappa shape index (κ1) is 24.6. The molecule has 0 atom stereocenters. The summed E-state index contributed by atoms with van der Waals surface area (Å²) < 4.78 is 4.00. The van der Waals surface area contributed by atoms with E-state index in [1.165, 1.54) is 5.56 Å². The predicted molar refractivity (Wildman–Crippen MR) is 148 cm³/mol. The number of thiazole rings is 1. The molecule has 0 spiro atoms. The zero-order valence-electron chi connectivity index (χ0n) is 21.5. The molecule has 0 saturated heterocycles. The standard InChI is InChI=1S/C29H30N6OS/c1-20-5-9-22(10-6-20)27-25(17-32-35(27)29(2,3)4)28-33-23(18-37-28)15-26(36)31-16-21-7-11-24(12-8-21)34-14-13-30-19-34/h5-14,17-19H,15-16H2,1-4H3,(H,31,36). The Morgan fingerprint density at radius 1 is 1.05 bits per heavy atom. The third kappa shape index (κ3) is 5.54. The number of nitrogens with one attached hydrogen (secondary N) is 1. The number of rotatable bonds is 7. The van der Waals surface area contributed by atoms with Crippen LogP contribution in [-0.4, -0.2) is 30.2 Å². The van der Waals surface area contributed by atoms with Gasteiger partial charge in [0, 0.05) is 35.6 Å². The summed E-state index contributed by atoms with van der Waals surface area (Å²) in [6.07, 6.45) is 7.53. The predicted octanol–water partition coefficient (Wildman–Crippen LogP) is 5.78. The summed E-state index contributed by atoms with van der Waals surface area (Å²) in [5.41, 5.74) is 6.97. The normalized spacial score (nSPS) is 11.6. The van der Waals surface area contributed by atoms with Crippen LogP contribution in [0.1, 0.15) is 37.6 Å².